The number of amides is 1. The average Bonchev–Trinajstić information content (AvgIpc) is 2.29. The molecule has 5 nitrogen and oxygen atoms in total. The molecule has 0 saturated carbocycles. The van der Waals surface area contributed by atoms with Gasteiger partial charge in [-0.05, 0) is 6.07 Å². The highest BCUT2D eigenvalue weighted by Crippen LogP contribution is 2.29. The first kappa shape index (κ1) is 16.7. The molecule has 0 aliphatic rings. The molecule has 0 saturated heterocycles. The number of rotatable bonds is 4. The number of carbonyl (C=O) groups excluding carboxylic acids is 1. The van der Waals surface area contributed by atoms with E-state index in [0.717, 1.165) is 0 Å². The Morgan fingerprint density at radius 1 is 1.40 bits per heavy atom. The van der Waals surface area contributed by atoms with E-state index >= 15 is 0 Å². The van der Waals surface area contributed by atoms with E-state index in [0.29, 0.717) is 0 Å². The van der Waals surface area contributed by atoms with E-state index < -0.39 is 56.0 Å². The third-order valence-electron chi connectivity index (χ3n) is 2.06. The number of halogens is 5. The molecule has 112 valence electrons. The number of carbonyl (C=O) groups is 1. The second kappa shape index (κ2) is 5.94. The van der Waals surface area contributed by atoms with Gasteiger partial charge in [-0.1, -0.05) is 11.6 Å². The lowest BCUT2D eigenvalue weighted by atomic mass is 10.2. The zero-order valence-corrected chi connectivity index (χ0v) is 11.0. The van der Waals surface area contributed by atoms with Crippen LogP contribution in [0.15, 0.2) is 11.0 Å². The molecule has 11 heteroatoms. The predicted octanol–water partition coefficient (Wildman–Crippen LogP) is 1.26. The third kappa shape index (κ3) is 3.58. The summed E-state index contributed by atoms with van der Waals surface area (Å²) in [5, 5.41) is 5.33. The fraction of sp³-hybridized carbons (Fsp3) is 0.222. The predicted molar refractivity (Wildman–Crippen MR) is 61.1 cm³/mol. The first-order valence-electron chi connectivity index (χ1n) is 4.82. The van der Waals surface area contributed by atoms with Gasteiger partial charge in [-0.25, -0.2) is 31.1 Å². The smallest absolute Gasteiger partial charge is 0.255 e. The Labute approximate surface area is 115 Å². The fourth-order valence-electron chi connectivity index (χ4n) is 1.26. The van der Waals surface area contributed by atoms with E-state index in [2.05, 4.69) is 5.14 Å². The second-order valence-corrected chi connectivity index (χ2v) is 5.39. The van der Waals surface area contributed by atoms with Gasteiger partial charge in [0.15, 0.2) is 11.6 Å². The van der Waals surface area contributed by atoms with Gasteiger partial charge in [0.2, 0.25) is 10.0 Å². The first-order valence-corrected chi connectivity index (χ1v) is 6.74. The summed E-state index contributed by atoms with van der Waals surface area (Å²) in [6.07, 6.45) is -2.89. The molecule has 0 aliphatic heterocycles. The van der Waals surface area contributed by atoms with Gasteiger partial charge in [0.05, 0.1) is 17.1 Å². The van der Waals surface area contributed by atoms with Crippen LogP contribution < -0.4 is 10.5 Å². The number of nitrogens with one attached hydrogen (secondary N) is 1. The number of alkyl halides is 2. The summed E-state index contributed by atoms with van der Waals surface area (Å²) >= 11 is 5.47. The number of benzene rings is 1. The van der Waals surface area contributed by atoms with Crippen LogP contribution in [0.2, 0.25) is 5.02 Å². The number of hydrogen-bond donors (Lipinski definition) is 2. The van der Waals surface area contributed by atoms with E-state index in [4.69, 9.17) is 11.6 Å². The molecule has 0 fully saturated rings. The highest BCUT2D eigenvalue weighted by Gasteiger charge is 2.27. The molecule has 1 aromatic rings. The summed E-state index contributed by atoms with van der Waals surface area (Å²) in [4.78, 5) is 10.0. The van der Waals surface area contributed by atoms with Crippen molar-refractivity contribution in [2.45, 2.75) is 11.3 Å². The van der Waals surface area contributed by atoms with Crippen molar-refractivity contribution in [2.24, 2.45) is 5.14 Å². The maximum absolute atomic E-state index is 13.3. The average molecular weight is 335 g/mol. The van der Waals surface area contributed by atoms with Crippen molar-refractivity contribution >= 4 is 27.5 Å². The van der Waals surface area contributed by atoms with Crippen LogP contribution in [0.4, 0.5) is 17.6 Å². The van der Waals surface area contributed by atoms with Gasteiger partial charge in [-0.15, -0.1) is 0 Å². The van der Waals surface area contributed by atoms with Crippen LogP contribution >= 0.6 is 11.6 Å². The molecule has 0 radical (unpaired) electrons. The van der Waals surface area contributed by atoms with Crippen molar-refractivity contribution in [3.05, 3.63) is 28.3 Å². The summed E-state index contributed by atoms with van der Waals surface area (Å²) < 4.78 is 72.6. The van der Waals surface area contributed by atoms with Crippen LogP contribution in [-0.2, 0) is 10.0 Å². The number of primary sulfonamides is 1. The maximum atomic E-state index is 13.3. The Morgan fingerprint density at radius 2 is 1.95 bits per heavy atom. The molecule has 0 aromatic heterocycles. The maximum Gasteiger partial charge on any atom is 0.255 e. The van der Waals surface area contributed by atoms with Crippen LogP contribution in [0.25, 0.3) is 0 Å². The molecule has 20 heavy (non-hydrogen) atoms. The second-order valence-electron chi connectivity index (χ2n) is 3.51. The lowest BCUT2D eigenvalue weighted by Gasteiger charge is -2.10. The SMILES string of the molecule is NS(=O)(=O)c1c(F)c(F)cc(C(=O)NCC(F)F)c1Cl. The van der Waals surface area contributed by atoms with Crippen LogP contribution in [0.1, 0.15) is 10.4 Å². The molecule has 0 aliphatic carbocycles. The molecule has 0 spiro atoms. The van der Waals surface area contributed by atoms with Gasteiger partial charge in [-0.3, -0.25) is 4.79 Å². The minimum absolute atomic E-state index is 0.285. The van der Waals surface area contributed by atoms with Crippen LogP contribution in [0, 0.1) is 11.6 Å². The Balaban J connectivity index is 3.37. The zero-order valence-electron chi connectivity index (χ0n) is 9.46. The Kier molecular flexibility index (Phi) is 4.95. The molecule has 1 aromatic carbocycles. The van der Waals surface area contributed by atoms with Gasteiger partial charge in [0.25, 0.3) is 12.3 Å². The van der Waals surface area contributed by atoms with Gasteiger partial charge in [-0.2, -0.15) is 0 Å². The Bertz CT molecular complexity index is 651. The quantitative estimate of drug-likeness (QED) is 0.641. The highest BCUT2D eigenvalue weighted by molar-refractivity contribution is 7.89. The molecule has 0 atom stereocenters. The van der Waals surface area contributed by atoms with Crippen LogP contribution in [-0.4, -0.2) is 27.3 Å². The van der Waals surface area contributed by atoms with Gasteiger partial charge in [0.1, 0.15) is 4.90 Å². The van der Waals surface area contributed by atoms with Crippen LogP contribution in [0.5, 0.6) is 0 Å². The van der Waals surface area contributed by atoms with Crippen molar-refractivity contribution < 1.29 is 30.8 Å². The van der Waals surface area contributed by atoms with Crippen molar-refractivity contribution in [1.29, 1.82) is 0 Å². The van der Waals surface area contributed by atoms with E-state index in [1.165, 1.54) is 0 Å². The van der Waals surface area contributed by atoms with Crippen molar-refractivity contribution in [2.75, 3.05) is 6.54 Å². The fourth-order valence-corrected chi connectivity index (χ4v) is 2.51. The van der Waals surface area contributed by atoms with E-state index in [1.807, 2.05) is 0 Å². The van der Waals surface area contributed by atoms with Gasteiger partial charge < -0.3 is 5.32 Å². The highest BCUT2D eigenvalue weighted by atomic mass is 35.5. The van der Waals surface area contributed by atoms with E-state index in [1.54, 1.807) is 5.32 Å². The summed E-state index contributed by atoms with van der Waals surface area (Å²) in [6.45, 7) is -1.07. The lowest BCUT2D eigenvalue weighted by molar-refractivity contribution is 0.0891. The molecular formula is C9H7ClF4N2O3S. The monoisotopic (exact) mass is 334 g/mol. The topological polar surface area (TPSA) is 89.3 Å². The standard InChI is InChI=1S/C9H7ClF4N2O3S/c10-6-3(9(17)16-2-5(12)13)1-4(11)7(14)8(6)20(15,18)19/h1,5H,2H2,(H,16,17)(H2,15,18,19). The van der Waals surface area contributed by atoms with Crippen molar-refractivity contribution in [1.82, 2.24) is 5.32 Å². The minimum atomic E-state index is -4.75. The number of nitrogens with two attached hydrogens (primary N) is 1. The minimum Gasteiger partial charge on any atom is -0.346 e. The van der Waals surface area contributed by atoms with E-state index in [9.17, 15) is 30.8 Å². The summed E-state index contributed by atoms with van der Waals surface area (Å²) in [7, 11) is -4.75. The zero-order chi connectivity index (χ0) is 15.7. The molecule has 0 unspecified atom stereocenters. The van der Waals surface area contributed by atoms with Crippen LogP contribution in [0.3, 0.4) is 0 Å². The molecule has 3 N–H and O–H groups in total. The number of hydrogen-bond acceptors (Lipinski definition) is 3. The Hall–Kier alpha value is -1.39. The Morgan fingerprint density at radius 3 is 2.40 bits per heavy atom. The third-order valence-corrected chi connectivity index (χ3v) is 3.52. The molecule has 1 amide bonds. The first-order chi connectivity index (χ1) is 9.05. The summed E-state index contributed by atoms with van der Waals surface area (Å²) in [6, 6.07) is 0.285. The number of sulfonamides is 1. The molecule has 0 heterocycles. The summed E-state index contributed by atoms with van der Waals surface area (Å²) in [5.74, 6) is -4.86. The summed E-state index contributed by atoms with van der Waals surface area (Å²) in [5.41, 5.74) is -0.824. The van der Waals surface area contributed by atoms with Gasteiger partial charge in [0, 0.05) is 0 Å². The normalized spacial score (nSPS) is 11.8. The lowest BCUT2D eigenvalue weighted by Crippen LogP contribution is -2.29. The molecule has 1 rings (SSSR count). The van der Waals surface area contributed by atoms with Crippen molar-refractivity contribution in [3.63, 3.8) is 0 Å². The molecule has 0 bridgehead atoms. The van der Waals surface area contributed by atoms with Gasteiger partial charge >= 0.3 is 0 Å². The largest absolute Gasteiger partial charge is 0.346 e. The molecular weight excluding hydrogens is 328 g/mol. The van der Waals surface area contributed by atoms with E-state index in [-0.39, 0.29) is 6.07 Å². The van der Waals surface area contributed by atoms with Crippen molar-refractivity contribution in [3.8, 4) is 0 Å².